The lowest BCUT2D eigenvalue weighted by Crippen LogP contribution is -2.15. The highest BCUT2D eigenvalue weighted by molar-refractivity contribution is 9.10. The van der Waals surface area contributed by atoms with Gasteiger partial charge in [-0.15, -0.1) is 0 Å². The van der Waals surface area contributed by atoms with Crippen LogP contribution in [0.4, 0.5) is 0 Å². The SMILES string of the molecule is Cc1ccc(-c2nc(CC(C)C)c(Br)c(=O)[nH]2)cc1C. The summed E-state index contributed by atoms with van der Waals surface area (Å²) in [7, 11) is 0. The van der Waals surface area contributed by atoms with Crippen molar-refractivity contribution in [3.63, 3.8) is 0 Å². The standard InChI is InChI=1S/C16H19BrN2O/c1-9(2)7-13-14(17)16(20)19-15(18-13)12-6-5-10(3)11(4)8-12/h5-6,8-9H,7H2,1-4H3,(H,18,19,20). The van der Waals surface area contributed by atoms with Gasteiger partial charge < -0.3 is 4.98 Å². The highest BCUT2D eigenvalue weighted by Gasteiger charge is 2.12. The molecule has 0 radical (unpaired) electrons. The largest absolute Gasteiger partial charge is 0.306 e. The second-order valence-electron chi connectivity index (χ2n) is 5.57. The van der Waals surface area contributed by atoms with Crippen molar-refractivity contribution in [2.24, 2.45) is 5.92 Å². The van der Waals surface area contributed by atoms with E-state index in [9.17, 15) is 4.79 Å². The van der Waals surface area contributed by atoms with Gasteiger partial charge in [-0.25, -0.2) is 4.98 Å². The van der Waals surface area contributed by atoms with E-state index in [2.05, 4.69) is 65.7 Å². The molecule has 1 aromatic carbocycles. The number of benzene rings is 1. The van der Waals surface area contributed by atoms with Crippen molar-refractivity contribution in [2.75, 3.05) is 0 Å². The number of hydrogen-bond acceptors (Lipinski definition) is 2. The van der Waals surface area contributed by atoms with E-state index in [-0.39, 0.29) is 5.56 Å². The normalized spacial score (nSPS) is 11.1. The van der Waals surface area contributed by atoms with Gasteiger partial charge in [0.2, 0.25) is 0 Å². The lowest BCUT2D eigenvalue weighted by atomic mass is 10.1. The van der Waals surface area contributed by atoms with Crippen molar-refractivity contribution in [1.29, 1.82) is 0 Å². The summed E-state index contributed by atoms with van der Waals surface area (Å²) >= 11 is 3.34. The summed E-state index contributed by atoms with van der Waals surface area (Å²) in [6.07, 6.45) is 0.780. The first-order valence-corrected chi connectivity index (χ1v) is 7.54. The Bertz CT molecular complexity index is 689. The number of aromatic nitrogens is 2. The molecule has 0 spiro atoms. The molecule has 106 valence electrons. The van der Waals surface area contributed by atoms with E-state index in [0.29, 0.717) is 16.2 Å². The Morgan fingerprint density at radius 2 is 1.95 bits per heavy atom. The fourth-order valence-electron chi connectivity index (χ4n) is 2.05. The van der Waals surface area contributed by atoms with Crippen molar-refractivity contribution < 1.29 is 0 Å². The van der Waals surface area contributed by atoms with Crippen LogP contribution >= 0.6 is 15.9 Å². The minimum atomic E-state index is -0.121. The van der Waals surface area contributed by atoms with Crippen LogP contribution in [-0.4, -0.2) is 9.97 Å². The van der Waals surface area contributed by atoms with Gasteiger partial charge in [-0.2, -0.15) is 0 Å². The molecule has 2 rings (SSSR count). The topological polar surface area (TPSA) is 45.8 Å². The zero-order chi connectivity index (χ0) is 14.9. The first-order chi connectivity index (χ1) is 9.38. The van der Waals surface area contributed by atoms with Crippen molar-refractivity contribution in [1.82, 2.24) is 9.97 Å². The number of hydrogen-bond donors (Lipinski definition) is 1. The first-order valence-electron chi connectivity index (χ1n) is 6.74. The average molecular weight is 335 g/mol. The van der Waals surface area contributed by atoms with Crippen molar-refractivity contribution in [2.45, 2.75) is 34.1 Å². The van der Waals surface area contributed by atoms with Gasteiger partial charge in [-0.3, -0.25) is 4.79 Å². The molecule has 1 N–H and O–H groups in total. The fraction of sp³-hybridized carbons (Fsp3) is 0.375. The number of nitrogens with one attached hydrogen (secondary N) is 1. The Morgan fingerprint density at radius 3 is 2.55 bits per heavy atom. The van der Waals surface area contributed by atoms with Crippen molar-refractivity contribution in [3.8, 4) is 11.4 Å². The molecule has 4 heteroatoms. The van der Waals surface area contributed by atoms with E-state index in [0.717, 1.165) is 17.7 Å². The molecule has 1 aromatic heterocycles. The van der Waals surface area contributed by atoms with Crippen LogP contribution in [0.25, 0.3) is 11.4 Å². The molecule has 0 aliphatic heterocycles. The second-order valence-corrected chi connectivity index (χ2v) is 6.37. The number of aromatic amines is 1. The number of nitrogens with zero attached hydrogens (tertiary/aromatic N) is 1. The molecule has 2 aromatic rings. The quantitative estimate of drug-likeness (QED) is 0.921. The van der Waals surface area contributed by atoms with Gasteiger partial charge in [0.1, 0.15) is 10.3 Å². The van der Waals surface area contributed by atoms with E-state index in [1.165, 1.54) is 11.1 Å². The van der Waals surface area contributed by atoms with Gasteiger partial charge in [0.25, 0.3) is 5.56 Å². The molecule has 3 nitrogen and oxygen atoms in total. The van der Waals surface area contributed by atoms with Crippen molar-refractivity contribution >= 4 is 15.9 Å². The molecule has 0 fully saturated rings. The fourth-order valence-corrected chi connectivity index (χ4v) is 2.40. The molecule has 20 heavy (non-hydrogen) atoms. The van der Waals surface area contributed by atoms with Gasteiger partial charge in [0.05, 0.1) is 5.69 Å². The maximum absolute atomic E-state index is 12.0. The lowest BCUT2D eigenvalue weighted by Gasteiger charge is -2.10. The Kier molecular flexibility index (Phi) is 4.43. The van der Waals surface area contributed by atoms with E-state index < -0.39 is 0 Å². The highest BCUT2D eigenvalue weighted by Crippen LogP contribution is 2.21. The van der Waals surface area contributed by atoms with E-state index in [1.807, 2.05) is 6.07 Å². The smallest absolute Gasteiger partial charge is 0.265 e. The summed E-state index contributed by atoms with van der Waals surface area (Å²) in [5.74, 6) is 1.09. The molecule has 0 saturated heterocycles. The lowest BCUT2D eigenvalue weighted by molar-refractivity contribution is 0.631. The molecule has 0 aliphatic rings. The van der Waals surface area contributed by atoms with Gasteiger partial charge in [0, 0.05) is 5.56 Å². The first kappa shape index (κ1) is 15.0. The molecule has 0 atom stereocenters. The van der Waals surface area contributed by atoms with Crippen LogP contribution in [0.2, 0.25) is 0 Å². The second kappa shape index (κ2) is 5.92. The molecular weight excluding hydrogens is 316 g/mol. The van der Waals surface area contributed by atoms with Crippen LogP contribution in [-0.2, 0) is 6.42 Å². The summed E-state index contributed by atoms with van der Waals surface area (Å²) in [5.41, 5.74) is 4.07. The summed E-state index contributed by atoms with van der Waals surface area (Å²) in [6, 6.07) is 6.10. The summed E-state index contributed by atoms with van der Waals surface area (Å²) in [6.45, 7) is 8.36. The van der Waals surface area contributed by atoms with Crippen LogP contribution in [0.3, 0.4) is 0 Å². The molecule has 1 heterocycles. The third-order valence-corrected chi connectivity index (χ3v) is 4.13. The Hall–Kier alpha value is -1.42. The summed E-state index contributed by atoms with van der Waals surface area (Å²) in [4.78, 5) is 19.5. The molecular formula is C16H19BrN2O. The molecule has 0 bridgehead atoms. The van der Waals surface area contributed by atoms with Crippen molar-refractivity contribution in [3.05, 3.63) is 49.8 Å². The molecule has 0 saturated carbocycles. The Labute approximate surface area is 127 Å². The van der Waals surface area contributed by atoms with E-state index in [1.54, 1.807) is 0 Å². The van der Waals surface area contributed by atoms with E-state index >= 15 is 0 Å². The number of H-pyrrole nitrogens is 1. The predicted octanol–water partition coefficient (Wildman–Crippen LogP) is 4.01. The molecule has 0 aliphatic carbocycles. The number of rotatable bonds is 3. The number of halogens is 1. The number of aryl methyl sites for hydroxylation is 2. The van der Waals surface area contributed by atoms with Gasteiger partial charge >= 0.3 is 0 Å². The van der Waals surface area contributed by atoms with Gasteiger partial charge in [-0.1, -0.05) is 26.0 Å². The Morgan fingerprint density at radius 1 is 1.25 bits per heavy atom. The summed E-state index contributed by atoms with van der Waals surface area (Å²) in [5, 5.41) is 0. The van der Waals surface area contributed by atoms with Crippen LogP contribution in [0, 0.1) is 19.8 Å². The van der Waals surface area contributed by atoms with Gasteiger partial charge in [0.15, 0.2) is 0 Å². The van der Waals surface area contributed by atoms with Crippen LogP contribution in [0.1, 0.15) is 30.7 Å². The van der Waals surface area contributed by atoms with E-state index in [4.69, 9.17) is 0 Å². The molecule has 0 unspecified atom stereocenters. The van der Waals surface area contributed by atoms with Crippen LogP contribution in [0.5, 0.6) is 0 Å². The zero-order valence-corrected chi connectivity index (χ0v) is 13.8. The predicted molar refractivity (Wildman–Crippen MR) is 86.0 cm³/mol. The van der Waals surface area contributed by atoms with Crippen LogP contribution in [0.15, 0.2) is 27.5 Å². The molecule has 0 amide bonds. The summed E-state index contributed by atoms with van der Waals surface area (Å²) < 4.78 is 0.541. The minimum Gasteiger partial charge on any atom is -0.306 e. The Balaban J connectivity index is 2.54. The van der Waals surface area contributed by atoms with Gasteiger partial charge in [-0.05, 0) is 59.3 Å². The van der Waals surface area contributed by atoms with Crippen LogP contribution < -0.4 is 5.56 Å². The average Bonchev–Trinajstić information content (AvgIpc) is 2.37. The third kappa shape index (κ3) is 3.18. The third-order valence-electron chi connectivity index (χ3n) is 3.31. The monoisotopic (exact) mass is 334 g/mol. The highest BCUT2D eigenvalue weighted by atomic mass is 79.9. The maximum atomic E-state index is 12.0. The maximum Gasteiger partial charge on any atom is 0.265 e. The zero-order valence-electron chi connectivity index (χ0n) is 12.2. The minimum absolute atomic E-state index is 0.121.